The Kier molecular flexibility index (Phi) is 6.54. The number of nitrogens with one attached hydrogen (secondary N) is 2. The molecule has 9 nitrogen and oxygen atoms in total. The average Bonchev–Trinajstić information content (AvgIpc) is 2.76. The first-order chi connectivity index (χ1) is 14.8. The van der Waals surface area contributed by atoms with Gasteiger partial charge in [0, 0.05) is 6.54 Å². The number of aryl methyl sites for hydroxylation is 1. The second kappa shape index (κ2) is 9.29. The van der Waals surface area contributed by atoms with E-state index < -0.39 is 23.1 Å². The minimum atomic E-state index is -0.574. The van der Waals surface area contributed by atoms with Gasteiger partial charge in [0.25, 0.3) is 5.56 Å². The van der Waals surface area contributed by atoms with Gasteiger partial charge in [-0.05, 0) is 43.7 Å². The van der Waals surface area contributed by atoms with Gasteiger partial charge in [-0.15, -0.1) is 0 Å². The molecule has 0 aliphatic heterocycles. The fraction of sp³-hybridized carbons (Fsp3) is 0.273. The lowest BCUT2D eigenvalue weighted by Gasteiger charge is -2.14. The number of anilines is 1. The standard InChI is InChI=1S/C22H24N4O5/c1-4-25-21(29)15-7-5-6-8-17(15)26(22(25)30)13-20(28)23-12-19(27)24-16-11-14(2)9-10-18(16)31-3/h5-11H,4,12-13H2,1-3H3,(H,23,28)(H,24,27). The quantitative estimate of drug-likeness (QED) is 0.593. The minimum Gasteiger partial charge on any atom is -0.495 e. The first-order valence-electron chi connectivity index (χ1n) is 9.79. The molecule has 1 aromatic heterocycles. The second-order valence-corrected chi connectivity index (χ2v) is 6.96. The zero-order chi connectivity index (χ0) is 22.5. The number of hydrogen-bond acceptors (Lipinski definition) is 5. The van der Waals surface area contributed by atoms with Crippen LogP contribution in [0.5, 0.6) is 5.75 Å². The normalized spacial score (nSPS) is 10.7. The number of rotatable bonds is 7. The van der Waals surface area contributed by atoms with E-state index in [-0.39, 0.29) is 19.6 Å². The lowest BCUT2D eigenvalue weighted by Crippen LogP contribution is -2.43. The molecule has 3 rings (SSSR count). The van der Waals surface area contributed by atoms with E-state index in [2.05, 4.69) is 10.6 Å². The molecule has 0 saturated heterocycles. The monoisotopic (exact) mass is 424 g/mol. The van der Waals surface area contributed by atoms with Crippen LogP contribution in [0, 0.1) is 6.92 Å². The lowest BCUT2D eigenvalue weighted by atomic mass is 10.2. The molecule has 0 aliphatic rings. The van der Waals surface area contributed by atoms with Crippen molar-refractivity contribution in [2.45, 2.75) is 26.9 Å². The van der Waals surface area contributed by atoms with Crippen molar-refractivity contribution in [1.82, 2.24) is 14.5 Å². The molecular weight excluding hydrogens is 400 g/mol. The van der Waals surface area contributed by atoms with E-state index in [9.17, 15) is 19.2 Å². The number of hydrogen-bond donors (Lipinski definition) is 2. The van der Waals surface area contributed by atoms with Gasteiger partial charge in [0.15, 0.2) is 0 Å². The molecule has 0 aliphatic carbocycles. The molecule has 0 unspecified atom stereocenters. The van der Waals surface area contributed by atoms with Crippen LogP contribution in [-0.4, -0.2) is 34.6 Å². The average molecular weight is 424 g/mol. The molecular formula is C22H24N4O5. The molecule has 2 aromatic carbocycles. The van der Waals surface area contributed by atoms with Gasteiger partial charge in [-0.2, -0.15) is 0 Å². The second-order valence-electron chi connectivity index (χ2n) is 6.96. The Bertz CT molecular complexity index is 1260. The predicted molar refractivity (Wildman–Crippen MR) is 118 cm³/mol. The van der Waals surface area contributed by atoms with Crippen molar-refractivity contribution in [1.29, 1.82) is 0 Å². The maximum Gasteiger partial charge on any atom is 0.331 e. The number of carbonyl (C=O) groups excluding carboxylic acids is 2. The van der Waals surface area contributed by atoms with Gasteiger partial charge < -0.3 is 15.4 Å². The number of carbonyl (C=O) groups is 2. The van der Waals surface area contributed by atoms with Crippen molar-refractivity contribution in [3.8, 4) is 5.75 Å². The summed E-state index contributed by atoms with van der Waals surface area (Å²) in [6.07, 6.45) is 0. The molecule has 0 spiro atoms. The largest absolute Gasteiger partial charge is 0.495 e. The minimum absolute atomic E-state index is 0.185. The molecule has 162 valence electrons. The molecule has 0 saturated carbocycles. The summed E-state index contributed by atoms with van der Waals surface area (Å²) >= 11 is 0. The summed E-state index contributed by atoms with van der Waals surface area (Å²) in [5.74, 6) is -0.460. The van der Waals surface area contributed by atoms with Gasteiger partial charge in [0.1, 0.15) is 12.3 Å². The van der Waals surface area contributed by atoms with Crippen molar-refractivity contribution in [3.63, 3.8) is 0 Å². The van der Waals surface area contributed by atoms with E-state index in [4.69, 9.17) is 4.74 Å². The number of benzene rings is 2. The molecule has 9 heteroatoms. The summed E-state index contributed by atoms with van der Waals surface area (Å²) in [6.45, 7) is 3.15. The number of methoxy groups -OCH3 is 1. The smallest absolute Gasteiger partial charge is 0.331 e. The van der Waals surface area contributed by atoms with Crippen LogP contribution in [0.4, 0.5) is 5.69 Å². The van der Waals surface area contributed by atoms with E-state index in [1.807, 2.05) is 13.0 Å². The van der Waals surface area contributed by atoms with E-state index in [1.165, 1.54) is 11.7 Å². The summed E-state index contributed by atoms with van der Waals surface area (Å²) in [4.78, 5) is 49.9. The highest BCUT2D eigenvalue weighted by atomic mass is 16.5. The summed E-state index contributed by atoms with van der Waals surface area (Å²) in [5.41, 5.74) is 0.837. The maximum atomic E-state index is 12.7. The van der Waals surface area contributed by atoms with Crippen molar-refractivity contribution >= 4 is 28.4 Å². The molecule has 1 heterocycles. The van der Waals surface area contributed by atoms with E-state index in [1.54, 1.807) is 43.3 Å². The third kappa shape index (κ3) is 4.66. The number of nitrogens with zero attached hydrogens (tertiary/aromatic N) is 2. The Hall–Kier alpha value is -3.88. The highest BCUT2D eigenvalue weighted by Crippen LogP contribution is 2.24. The summed E-state index contributed by atoms with van der Waals surface area (Å²) in [5, 5.41) is 5.55. The topological polar surface area (TPSA) is 111 Å². The van der Waals surface area contributed by atoms with Crippen molar-refractivity contribution in [2.75, 3.05) is 19.0 Å². The number of ether oxygens (including phenoxy) is 1. The Labute approximate surface area is 178 Å². The predicted octanol–water partition coefficient (Wildman–Crippen LogP) is 1.26. The summed E-state index contributed by atoms with van der Waals surface area (Å²) in [6, 6.07) is 12.0. The Balaban J connectivity index is 1.74. The fourth-order valence-electron chi connectivity index (χ4n) is 3.29. The Morgan fingerprint density at radius 3 is 2.48 bits per heavy atom. The number of fused-ring (bicyclic) bond motifs is 1. The number of para-hydroxylation sites is 1. The number of amides is 2. The highest BCUT2D eigenvalue weighted by Gasteiger charge is 2.15. The highest BCUT2D eigenvalue weighted by molar-refractivity contribution is 5.95. The van der Waals surface area contributed by atoms with Gasteiger partial charge in [-0.3, -0.25) is 23.5 Å². The first-order valence-corrected chi connectivity index (χ1v) is 9.79. The van der Waals surface area contributed by atoms with Crippen LogP contribution in [0.1, 0.15) is 12.5 Å². The Morgan fingerprint density at radius 2 is 1.77 bits per heavy atom. The molecule has 0 fully saturated rings. The van der Waals surface area contributed by atoms with Crippen molar-refractivity contribution < 1.29 is 14.3 Å². The summed E-state index contributed by atoms with van der Waals surface area (Å²) in [7, 11) is 1.50. The lowest BCUT2D eigenvalue weighted by molar-refractivity contribution is -0.124. The van der Waals surface area contributed by atoms with Gasteiger partial charge in [-0.25, -0.2) is 4.79 Å². The zero-order valence-electron chi connectivity index (χ0n) is 17.6. The summed E-state index contributed by atoms with van der Waals surface area (Å²) < 4.78 is 7.53. The molecule has 0 atom stereocenters. The van der Waals surface area contributed by atoms with Crippen molar-refractivity contribution in [3.05, 3.63) is 68.9 Å². The molecule has 2 N–H and O–H groups in total. The fourth-order valence-corrected chi connectivity index (χ4v) is 3.29. The van der Waals surface area contributed by atoms with Crippen LogP contribution < -0.4 is 26.6 Å². The van der Waals surface area contributed by atoms with Gasteiger partial charge in [0.2, 0.25) is 11.8 Å². The Morgan fingerprint density at radius 1 is 1.03 bits per heavy atom. The van der Waals surface area contributed by atoms with Gasteiger partial charge in [0.05, 0.1) is 30.2 Å². The van der Waals surface area contributed by atoms with Crippen molar-refractivity contribution in [2.24, 2.45) is 0 Å². The maximum absolute atomic E-state index is 12.7. The molecule has 0 radical (unpaired) electrons. The van der Waals surface area contributed by atoms with Crippen LogP contribution in [0.2, 0.25) is 0 Å². The first kappa shape index (κ1) is 21.8. The van der Waals surface area contributed by atoms with Gasteiger partial charge >= 0.3 is 5.69 Å². The van der Waals surface area contributed by atoms with Crippen LogP contribution in [0.3, 0.4) is 0 Å². The van der Waals surface area contributed by atoms with E-state index >= 15 is 0 Å². The van der Waals surface area contributed by atoms with Crippen LogP contribution in [-0.2, 0) is 22.7 Å². The molecule has 2 amide bonds. The van der Waals surface area contributed by atoms with Gasteiger partial charge in [-0.1, -0.05) is 18.2 Å². The molecule has 3 aromatic rings. The third-order valence-corrected chi connectivity index (χ3v) is 4.83. The molecule has 0 bridgehead atoms. The third-order valence-electron chi connectivity index (χ3n) is 4.83. The van der Waals surface area contributed by atoms with E-state index in [0.717, 1.165) is 10.1 Å². The van der Waals surface area contributed by atoms with E-state index in [0.29, 0.717) is 22.3 Å². The molecule has 31 heavy (non-hydrogen) atoms. The SMILES string of the molecule is CCn1c(=O)c2ccccc2n(CC(=O)NCC(=O)Nc2cc(C)ccc2OC)c1=O. The van der Waals surface area contributed by atoms with Crippen LogP contribution >= 0.6 is 0 Å². The van der Waals surface area contributed by atoms with Crippen LogP contribution in [0.15, 0.2) is 52.1 Å². The zero-order valence-corrected chi connectivity index (χ0v) is 17.6. The number of aromatic nitrogens is 2. The van der Waals surface area contributed by atoms with Crippen LogP contribution in [0.25, 0.3) is 10.9 Å².